The van der Waals surface area contributed by atoms with Crippen LogP contribution in [0.25, 0.3) is 0 Å². The third kappa shape index (κ3) is 5.23. The average Bonchev–Trinajstić information content (AvgIpc) is 3.03. The third-order valence-corrected chi connectivity index (χ3v) is 3.51. The van der Waals surface area contributed by atoms with Crippen molar-refractivity contribution >= 4 is 5.96 Å². The average molecular weight is 321 g/mol. The second-order valence-corrected chi connectivity index (χ2v) is 5.37. The maximum Gasteiger partial charge on any atom is 0.231 e. The summed E-state index contributed by atoms with van der Waals surface area (Å²) in [5.74, 6) is 3.20. The van der Waals surface area contributed by atoms with Crippen LogP contribution in [0.3, 0.4) is 0 Å². The monoisotopic (exact) mass is 321 g/mol. The van der Waals surface area contributed by atoms with Crippen LogP contribution in [-0.2, 0) is 0 Å². The van der Waals surface area contributed by atoms with Crippen LogP contribution in [0.4, 0.5) is 0 Å². The van der Waals surface area contributed by atoms with E-state index in [2.05, 4.69) is 36.1 Å². The molecule has 0 amide bonds. The van der Waals surface area contributed by atoms with Gasteiger partial charge in [0.25, 0.3) is 0 Å². The summed E-state index contributed by atoms with van der Waals surface area (Å²) in [6, 6.07) is 5.60. The molecule has 6 heteroatoms. The van der Waals surface area contributed by atoms with Gasteiger partial charge in [-0.1, -0.05) is 13.3 Å². The maximum atomic E-state index is 5.73. The Kier molecular flexibility index (Phi) is 6.84. The molecular weight excluding hydrogens is 294 g/mol. The first kappa shape index (κ1) is 17.2. The number of rotatable bonds is 8. The molecule has 6 nitrogen and oxygen atoms in total. The molecule has 0 atom stereocenters. The zero-order chi connectivity index (χ0) is 16.5. The number of hydrogen-bond acceptors (Lipinski definition) is 4. The summed E-state index contributed by atoms with van der Waals surface area (Å²) in [6.45, 7) is 7.54. The molecule has 0 radical (unpaired) electrons. The molecule has 0 aromatic heterocycles. The number of unbranched alkanes of at least 4 members (excludes halogenated alkanes) is 1. The Balaban J connectivity index is 1.81. The minimum atomic E-state index is 0.277. The molecule has 1 aliphatic rings. The van der Waals surface area contributed by atoms with E-state index in [1.165, 1.54) is 6.42 Å². The summed E-state index contributed by atoms with van der Waals surface area (Å²) in [6.07, 6.45) is 2.34. The highest BCUT2D eigenvalue weighted by Gasteiger charge is 2.13. The second kappa shape index (κ2) is 9.12. The van der Waals surface area contributed by atoms with Gasteiger partial charge in [-0.15, -0.1) is 0 Å². The van der Waals surface area contributed by atoms with Crippen molar-refractivity contribution < 1.29 is 14.2 Å². The van der Waals surface area contributed by atoms with Crippen LogP contribution in [0.5, 0.6) is 17.2 Å². The molecule has 0 bridgehead atoms. The van der Waals surface area contributed by atoms with E-state index in [-0.39, 0.29) is 6.79 Å². The number of guanidine groups is 1. The summed E-state index contributed by atoms with van der Waals surface area (Å²) in [5, 5.41) is 3.31. The van der Waals surface area contributed by atoms with E-state index in [0.717, 1.165) is 42.7 Å². The number of aliphatic imine (C=N–C) groups is 1. The molecule has 128 valence electrons. The van der Waals surface area contributed by atoms with Crippen molar-refractivity contribution in [3.8, 4) is 17.2 Å². The van der Waals surface area contributed by atoms with Gasteiger partial charge in [0.1, 0.15) is 12.4 Å². The van der Waals surface area contributed by atoms with Gasteiger partial charge >= 0.3 is 0 Å². The van der Waals surface area contributed by atoms with Gasteiger partial charge in [0.05, 0.1) is 6.54 Å². The Bertz CT molecular complexity index is 520. The zero-order valence-corrected chi connectivity index (χ0v) is 14.3. The van der Waals surface area contributed by atoms with Crippen LogP contribution in [0, 0.1) is 0 Å². The van der Waals surface area contributed by atoms with Crippen molar-refractivity contribution in [3.63, 3.8) is 0 Å². The van der Waals surface area contributed by atoms with Gasteiger partial charge in [0.2, 0.25) is 6.79 Å². The minimum Gasteiger partial charge on any atom is -0.492 e. The molecule has 0 saturated carbocycles. The number of benzene rings is 1. The van der Waals surface area contributed by atoms with E-state index in [0.29, 0.717) is 13.2 Å². The van der Waals surface area contributed by atoms with Crippen LogP contribution >= 0.6 is 0 Å². The number of nitrogens with one attached hydrogen (secondary N) is 1. The third-order valence-electron chi connectivity index (χ3n) is 3.51. The van der Waals surface area contributed by atoms with E-state index in [1.54, 1.807) is 0 Å². The van der Waals surface area contributed by atoms with E-state index in [9.17, 15) is 0 Å². The SMILES string of the molecule is CCCCN(C)C(=NCCOc1ccc2c(c1)OCO2)NCC. The first-order valence-corrected chi connectivity index (χ1v) is 8.26. The highest BCUT2D eigenvalue weighted by Crippen LogP contribution is 2.34. The Morgan fingerprint density at radius 3 is 2.91 bits per heavy atom. The van der Waals surface area contributed by atoms with Crippen molar-refractivity contribution in [2.75, 3.05) is 40.1 Å². The van der Waals surface area contributed by atoms with Crippen molar-refractivity contribution in [2.24, 2.45) is 4.99 Å². The number of fused-ring (bicyclic) bond motifs is 1. The zero-order valence-electron chi connectivity index (χ0n) is 14.3. The predicted octanol–water partition coefficient (Wildman–Crippen LogP) is 2.49. The fourth-order valence-electron chi connectivity index (χ4n) is 2.25. The van der Waals surface area contributed by atoms with E-state index in [1.807, 2.05) is 18.2 Å². The molecule has 1 N–H and O–H groups in total. The molecule has 0 unspecified atom stereocenters. The highest BCUT2D eigenvalue weighted by molar-refractivity contribution is 5.79. The van der Waals surface area contributed by atoms with Crippen molar-refractivity contribution in [2.45, 2.75) is 26.7 Å². The Labute approximate surface area is 138 Å². The largest absolute Gasteiger partial charge is 0.492 e. The molecular formula is C17H27N3O3. The fraction of sp³-hybridized carbons (Fsp3) is 0.588. The van der Waals surface area contributed by atoms with Gasteiger partial charge < -0.3 is 24.4 Å². The summed E-state index contributed by atoms with van der Waals surface area (Å²) in [7, 11) is 2.07. The summed E-state index contributed by atoms with van der Waals surface area (Å²) in [4.78, 5) is 6.76. The van der Waals surface area contributed by atoms with Crippen LogP contribution < -0.4 is 19.5 Å². The van der Waals surface area contributed by atoms with Crippen molar-refractivity contribution in [1.29, 1.82) is 0 Å². The van der Waals surface area contributed by atoms with Crippen LogP contribution in [-0.4, -0.2) is 50.9 Å². The fourth-order valence-corrected chi connectivity index (χ4v) is 2.25. The first-order valence-electron chi connectivity index (χ1n) is 8.26. The molecule has 0 saturated heterocycles. The lowest BCUT2D eigenvalue weighted by Crippen LogP contribution is -2.39. The maximum absolute atomic E-state index is 5.73. The lowest BCUT2D eigenvalue weighted by molar-refractivity contribution is 0.174. The Morgan fingerprint density at radius 2 is 2.13 bits per heavy atom. The van der Waals surface area contributed by atoms with Crippen LogP contribution in [0.2, 0.25) is 0 Å². The van der Waals surface area contributed by atoms with Gasteiger partial charge in [0.15, 0.2) is 17.5 Å². The van der Waals surface area contributed by atoms with E-state index >= 15 is 0 Å². The summed E-state index contributed by atoms with van der Waals surface area (Å²) in [5.41, 5.74) is 0. The quantitative estimate of drug-likeness (QED) is 0.453. The molecule has 0 aliphatic carbocycles. The standard InChI is InChI=1S/C17H27N3O3/c1-4-6-10-20(3)17(18-5-2)19-9-11-21-14-7-8-15-16(12-14)23-13-22-15/h7-8,12H,4-6,9-11,13H2,1-3H3,(H,18,19). The van der Waals surface area contributed by atoms with Crippen molar-refractivity contribution in [3.05, 3.63) is 18.2 Å². The lowest BCUT2D eigenvalue weighted by atomic mass is 10.3. The lowest BCUT2D eigenvalue weighted by Gasteiger charge is -2.21. The first-order chi connectivity index (χ1) is 11.2. The molecule has 23 heavy (non-hydrogen) atoms. The van der Waals surface area contributed by atoms with Crippen LogP contribution in [0.1, 0.15) is 26.7 Å². The molecule has 0 spiro atoms. The Morgan fingerprint density at radius 1 is 1.30 bits per heavy atom. The molecule has 1 heterocycles. The van der Waals surface area contributed by atoms with Crippen molar-refractivity contribution in [1.82, 2.24) is 10.2 Å². The van der Waals surface area contributed by atoms with Gasteiger partial charge in [-0.25, -0.2) is 4.99 Å². The van der Waals surface area contributed by atoms with Crippen LogP contribution in [0.15, 0.2) is 23.2 Å². The van der Waals surface area contributed by atoms with E-state index in [4.69, 9.17) is 14.2 Å². The van der Waals surface area contributed by atoms with Gasteiger partial charge in [-0.2, -0.15) is 0 Å². The topological polar surface area (TPSA) is 55.3 Å². The minimum absolute atomic E-state index is 0.277. The van der Waals surface area contributed by atoms with Gasteiger partial charge in [-0.05, 0) is 25.5 Å². The highest BCUT2D eigenvalue weighted by atomic mass is 16.7. The van der Waals surface area contributed by atoms with E-state index < -0.39 is 0 Å². The number of nitrogens with zero attached hydrogens (tertiary/aromatic N) is 2. The number of hydrogen-bond donors (Lipinski definition) is 1. The van der Waals surface area contributed by atoms with Gasteiger partial charge in [0, 0.05) is 26.2 Å². The molecule has 1 aromatic carbocycles. The predicted molar refractivity (Wildman–Crippen MR) is 91.6 cm³/mol. The molecule has 0 fully saturated rings. The Hall–Kier alpha value is -2.11. The summed E-state index contributed by atoms with van der Waals surface area (Å²) >= 11 is 0. The van der Waals surface area contributed by atoms with Gasteiger partial charge in [-0.3, -0.25) is 0 Å². The normalized spacial score (nSPS) is 13.1. The number of ether oxygens (including phenoxy) is 3. The summed E-state index contributed by atoms with van der Waals surface area (Å²) < 4.78 is 16.4. The molecule has 1 aromatic rings. The smallest absolute Gasteiger partial charge is 0.231 e. The molecule has 2 rings (SSSR count). The molecule has 1 aliphatic heterocycles. The second-order valence-electron chi connectivity index (χ2n) is 5.37.